The van der Waals surface area contributed by atoms with Crippen molar-refractivity contribution >= 4 is 5.78 Å². The highest BCUT2D eigenvalue weighted by Crippen LogP contribution is 2.44. The molecule has 31 heavy (non-hydrogen) atoms. The van der Waals surface area contributed by atoms with Crippen molar-refractivity contribution in [2.45, 2.75) is 36.8 Å². The van der Waals surface area contributed by atoms with E-state index in [4.69, 9.17) is 14.2 Å². The summed E-state index contributed by atoms with van der Waals surface area (Å²) in [7, 11) is 0. The van der Waals surface area contributed by atoms with Gasteiger partial charge in [-0.05, 0) is 17.7 Å². The molecule has 0 amide bonds. The van der Waals surface area contributed by atoms with Crippen LogP contribution in [0.1, 0.15) is 22.0 Å². The molecule has 166 valence electrons. The van der Waals surface area contributed by atoms with Gasteiger partial charge in [-0.1, -0.05) is 6.07 Å². The van der Waals surface area contributed by atoms with Crippen molar-refractivity contribution in [1.29, 1.82) is 0 Å². The van der Waals surface area contributed by atoms with Gasteiger partial charge in [-0.15, -0.1) is 0 Å². The summed E-state index contributed by atoms with van der Waals surface area (Å²) >= 11 is 0. The number of aliphatic hydroxyl groups is 3. The Morgan fingerprint density at radius 2 is 1.65 bits per heavy atom. The standard InChI is InChI=1S/C20H20O11/c21-8-4-11(24)14-13(5-8)30-18(7-1-2-9(22)10(23)3-7)19(16(14)27)31-20-17(28)15(26)12(25)6-29-20/h1-5,12,15,17-26,28H,6H2/t12-,15+,17-,18+,19-,20+/m1/s1. The third kappa shape index (κ3) is 3.73. The molecule has 2 aliphatic heterocycles. The number of carbonyl (C=O) groups is 1. The van der Waals surface area contributed by atoms with Crippen LogP contribution in [0.25, 0.3) is 0 Å². The Morgan fingerprint density at radius 3 is 2.35 bits per heavy atom. The minimum Gasteiger partial charge on any atom is -0.508 e. The summed E-state index contributed by atoms with van der Waals surface area (Å²) in [6.45, 7) is -0.370. The SMILES string of the molecule is O=C1c2c(O)cc(O)cc2O[C@@H](c2ccc(O)c(O)c2)[C@@H]1O[C@@H]1OC[C@@H](O)[C@H](O)[C@H]1O. The van der Waals surface area contributed by atoms with E-state index in [0.717, 1.165) is 24.3 Å². The van der Waals surface area contributed by atoms with E-state index < -0.39 is 59.8 Å². The van der Waals surface area contributed by atoms with Crippen molar-refractivity contribution < 1.29 is 54.8 Å². The largest absolute Gasteiger partial charge is 0.508 e. The van der Waals surface area contributed by atoms with E-state index in [1.54, 1.807) is 0 Å². The second-order valence-corrected chi connectivity index (χ2v) is 7.30. The number of phenolic OH excluding ortho intramolecular Hbond substituents is 4. The minimum atomic E-state index is -1.69. The van der Waals surface area contributed by atoms with Gasteiger partial charge in [0.05, 0.1) is 6.61 Å². The van der Waals surface area contributed by atoms with Crippen molar-refractivity contribution in [1.82, 2.24) is 0 Å². The molecule has 11 nitrogen and oxygen atoms in total. The second-order valence-electron chi connectivity index (χ2n) is 7.30. The van der Waals surface area contributed by atoms with Gasteiger partial charge in [-0.3, -0.25) is 4.79 Å². The lowest BCUT2D eigenvalue weighted by Crippen LogP contribution is -2.56. The Kier molecular flexibility index (Phi) is 5.37. The molecule has 0 spiro atoms. The van der Waals surface area contributed by atoms with Gasteiger partial charge in [0.1, 0.15) is 41.1 Å². The minimum absolute atomic E-state index is 0.152. The average molecular weight is 436 g/mol. The zero-order valence-electron chi connectivity index (χ0n) is 15.8. The predicted molar refractivity (Wildman–Crippen MR) is 99.9 cm³/mol. The van der Waals surface area contributed by atoms with Crippen LogP contribution in [0.2, 0.25) is 0 Å². The van der Waals surface area contributed by atoms with Gasteiger partial charge in [-0.2, -0.15) is 0 Å². The number of Topliss-reactive ketones (excluding diaryl/α,β-unsaturated/α-hetero) is 1. The highest BCUT2D eigenvalue weighted by Gasteiger charge is 2.46. The molecule has 0 aliphatic carbocycles. The number of ketones is 1. The van der Waals surface area contributed by atoms with Crippen LogP contribution in [0.15, 0.2) is 30.3 Å². The molecule has 11 heteroatoms. The summed E-state index contributed by atoms with van der Waals surface area (Å²) in [6.07, 6.45) is -8.95. The number of carbonyl (C=O) groups excluding carboxylic acids is 1. The van der Waals surface area contributed by atoms with Gasteiger partial charge in [0, 0.05) is 12.1 Å². The van der Waals surface area contributed by atoms with Crippen LogP contribution in [0.4, 0.5) is 0 Å². The maximum atomic E-state index is 13.2. The first-order valence-electron chi connectivity index (χ1n) is 9.27. The molecule has 2 aromatic rings. The van der Waals surface area contributed by atoms with Crippen LogP contribution in [-0.4, -0.2) is 78.8 Å². The van der Waals surface area contributed by atoms with Crippen molar-refractivity contribution in [3.8, 4) is 28.7 Å². The third-order valence-corrected chi connectivity index (χ3v) is 5.16. The number of fused-ring (bicyclic) bond motifs is 1. The van der Waals surface area contributed by atoms with E-state index in [1.165, 1.54) is 6.07 Å². The molecule has 0 unspecified atom stereocenters. The maximum Gasteiger partial charge on any atom is 0.203 e. The number of rotatable bonds is 3. The fourth-order valence-corrected chi connectivity index (χ4v) is 3.54. The van der Waals surface area contributed by atoms with Crippen LogP contribution >= 0.6 is 0 Å². The molecule has 6 atom stereocenters. The summed E-state index contributed by atoms with van der Waals surface area (Å²) in [5.74, 6) is -2.78. The smallest absolute Gasteiger partial charge is 0.203 e. The molecule has 1 fully saturated rings. The average Bonchev–Trinajstić information content (AvgIpc) is 2.71. The molecule has 7 N–H and O–H groups in total. The fraction of sp³-hybridized carbons (Fsp3) is 0.350. The van der Waals surface area contributed by atoms with Gasteiger partial charge in [-0.25, -0.2) is 0 Å². The summed E-state index contributed by atoms with van der Waals surface area (Å²) in [5.41, 5.74) is -0.0963. The van der Waals surface area contributed by atoms with Gasteiger partial charge in [0.15, 0.2) is 30.0 Å². The van der Waals surface area contributed by atoms with Crippen LogP contribution in [-0.2, 0) is 9.47 Å². The quantitative estimate of drug-likeness (QED) is 0.312. The zero-order chi connectivity index (χ0) is 22.4. The number of aliphatic hydroxyl groups excluding tert-OH is 3. The van der Waals surface area contributed by atoms with Gasteiger partial charge in [0.2, 0.25) is 5.78 Å². The number of benzene rings is 2. The maximum absolute atomic E-state index is 13.2. The molecule has 2 heterocycles. The molecule has 2 aromatic carbocycles. The zero-order valence-corrected chi connectivity index (χ0v) is 15.8. The van der Waals surface area contributed by atoms with Crippen LogP contribution in [0.3, 0.4) is 0 Å². The molecule has 1 saturated heterocycles. The highest BCUT2D eigenvalue weighted by atomic mass is 16.7. The normalized spacial score (nSPS) is 30.5. The van der Waals surface area contributed by atoms with Crippen molar-refractivity contribution in [2.24, 2.45) is 0 Å². The molecule has 2 aliphatic rings. The number of hydrogen-bond donors (Lipinski definition) is 7. The Balaban J connectivity index is 1.74. The van der Waals surface area contributed by atoms with Gasteiger partial charge in [0.25, 0.3) is 0 Å². The van der Waals surface area contributed by atoms with E-state index in [2.05, 4.69) is 0 Å². The molecular formula is C20H20O11. The number of ether oxygens (including phenoxy) is 3. The Labute approximate surface area is 174 Å². The first kappa shape index (κ1) is 21.2. The lowest BCUT2D eigenvalue weighted by Gasteiger charge is -2.39. The van der Waals surface area contributed by atoms with Crippen molar-refractivity contribution in [2.75, 3.05) is 6.61 Å². The summed E-state index contributed by atoms with van der Waals surface area (Å²) in [5, 5.41) is 69.0. The second kappa shape index (κ2) is 7.87. The van der Waals surface area contributed by atoms with Crippen LogP contribution < -0.4 is 4.74 Å². The molecule has 0 radical (unpaired) electrons. The number of hydrogen-bond acceptors (Lipinski definition) is 11. The van der Waals surface area contributed by atoms with Crippen molar-refractivity contribution in [3.63, 3.8) is 0 Å². The summed E-state index contributed by atoms with van der Waals surface area (Å²) in [4.78, 5) is 13.2. The lowest BCUT2D eigenvalue weighted by molar-refractivity contribution is -0.283. The highest BCUT2D eigenvalue weighted by molar-refractivity contribution is 6.05. The van der Waals surface area contributed by atoms with Crippen LogP contribution in [0, 0.1) is 0 Å². The van der Waals surface area contributed by atoms with E-state index >= 15 is 0 Å². The van der Waals surface area contributed by atoms with E-state index in [0.29, 0.717) is 0 Å². The molecule has 0 aromatic heterocycles. The third-order valence-electron chi connectivity index (χ3n) is 5.16. The fourth-order valence-electron chi connectivity index (χ4n) is 3.54. The topological polar surface area (TPSA) is 186 Å². The predicted octanol–water partition coefficient (Wildman–Crippen LogP) is -0.350. The summed E-state index contributed by atoms with van der Waals surface area (Å²) in [6, 6.07) is 5.71. The molecule has 0 bridgehead atoms. The van der Waals surface area contributed by atoms with E-state index in [9.17, 15) is 40.5 Å². The Bertz CT molecular complexity index is 1010. The van der Waals surface area contributed by atoms with E-state index in [-0.39, 0.29) is 29.2 Å². The first-order chi connectivity index (χ1) is 14.7. The number of phenols is 4. The van der Waals surface area contributed by atoms with Gasteiger partial charge >= 0.3 is 0 Å². The number of aromatic hydroxyl groups is 4. The Hall–Kier alpha value is -3.09. The van der Waals surface area contributed by atoms with Crippen molar-refractivity contribution in [3.05, 3.63) is 41.5 Å². The Morgan fingerprint density at radius 1 is 0.903 bits per heavy atom. The lowest BCUT2D eigenvalue weighted by atomic mass is 9.92. The molecule has 0 saturated carbocycles. The van der Waals surface area contributed by atoms with E-state index in [1.807, 2.05) is 0 Å². The molecule has 4 rings (SSSR count). The molecular weight excluding hydrogens is 416 g/mol. The summed E-state index contributed by atoms with van der Waals surface area (Å²) < 4.78 is 16.6. The van der Waals surface area contributed by atoms with Gasteiger partial charge < -0.3 is 50.0 Å². The van der Waals surface area contributed by atoms with Crippen LogP contribution in [0.5, 0.6) is 28.7 Å². The monoisotopic (exact) mass is 436 g/mol. The first-order valence-corrected chi connectivity index (χ1v) is 9.27.